The molecule has 0 bridgehead atoms. The Morgan fingerprint density at radius 1 is 1.06 bits per heavy atom. The van der Waals surface area contributed by atoms with Crippen LogP contribution in [0, 0.1) is 11.8 Å². The third-order valence-electron chi connectivity index (χ3n) is 6.13. The molecule has 7 nitrogen and oxygen atoms in total. The van der Waals surface area contributed by atoms with Gasteiger partial charge in [-0.2, -0.15) is 0 Å². The van der Waals surface area contributed by atoms with Crippen molar-refractivity contribution in [2.24, 2.45) is 11.8 Å². The molecular weight excluding hydrogens is 396 g/mol. The van der Waals surface area contributed by atoms with Gasteiger partial charge in [0.05, 0.1) is 0 Å². The van der Waals surface area contributed by atoms with E-state index in [1.807, 2.05) is 24.3 Å². The van der Waals surface area contributed by atoms with Crippen LogP contribution < -0.4 is 10.6 Å². The van der Waals surface area contributed by atoms with E-state index in [4.69, 9.17) is 9.84 Å². The summed E-state index contributed by atoms with van der Waals surface area (Å²) in [5, 5.41) is 14.3. The maximum Gasteiger partial charge on any atom is 0.407 e. The van der Waals surface area contributed by atoms with E-state index in [1.165, 1.54) is 11.1 Å². The summed E-state index contributed by atoms with van der Waals surface area (Å²) in [6.07, 6.45) is 0.451. The summed E-state index contributed by atoms with van der Waals surface area (Å²) < 4.78 is 5.50. The molecule has 2 amide bonds. The van der Waals surface area contributed by atoms with E-state index in [9.17, 15) is 14.4 Å². The van der Waals surface area contributed by atoms with Crippen LogP contribution in [-0.4, -0.2) is 42.3 Å². The van der Waals surface area contributed by atoms with E-state index in [0.717, 1.165) is 11.1 Å². The summed E-state index contributed by atoms with van der Waals surface area (Å²) in [5.74, 6) is -1.56. The van der Waals surface area contributed by atoms with Gasteiger partial charge < -0.3 is 20.5 Å². The number of ether oxygens (including phenoxy) is 1. The summed E-state index contributed by atoms with van der Waals surface area (Å²) in [4.78, 5) is 35.4. The van der Waals surface area contributed by atoms with Crippen LogP contribution in [0.3, 0.4) is 0 Å². The molecular formula is C24H26N2O5. The van der Waals surface area contributed by atoms with Crippen molar-refractivity contribution in [1.82, 2.24) is 10.6 Å². The molecule has 0 aromatic heterocycles. The van der Waals surface area contributed by atoms with E-state index >= 15 is 0 Å². The van der Waals surface area contributed by atoms with Crippen LogP contribution in [-0.2, 0) is 14.3 Å². The third kappa shape index (κ3) is 4.40. The van der Waals surface area contributed by atoms with Crippen LogP contribution in [0.4, 0.5) is 4.79 Å². The van der Waals surface area contributed by atoms with Crippen LogP contribution in [0.15, 0.2) is 48.5 Å². The van der Waals surface area contributed by atoms with Crippen molar-refractivity contribution in [1.29, 1.82) is 0 Å². The van der Waals surface area contributed by atoms with E-state index in [0.29, 0.717) is 19.4 Å². The standard InChI is InChI=1S/C24H26N2O5/c1-2-21(23(28)29)26-22(27)19-11-14(19)12-25-24(30)31-13-20-17-9-5-3-7-15(17)16-8-4-6-10-18(16)20/h3-10,14,19-21H,2,11-13H2,1H3,(H,25,30)(H,26,27)(H,28,29)/t14-,19-,21-/m1/s1. The molecule has 3 atom stereocenters. The largest absolute Gasteiger partial charge is 0.480 e. The molecule has 31 heavy (non-hydrogen) atoms. The third-order valence-corrected chi connectivity index (χ3v) is 6.13. The number of rotatable bonds is 8. The predicted molar refractivity (Wildman–Crippen MR) is 115 cm³/mol. The summed E-state index contributed by atoms with van der Waals surface area (Å²) in [6, 6.07) is 15.4. The van der Waals surface area contributed by atoms with Gasteiger partial charge in [0.2, 0.25) is 5.91 Å². The van der Waals surface area contributed by atoms with Crippen LogP contribution >= 0.6 is 0 Å². The second-order valence-corrected chi connectivity index (χ2v) is 8.12. The lowest BCUT2D eigenvalue weighted by molar-refractivity contribution is -0.142. The molecule has 1 fully saturated rings. The van der Waals surface area contributed by atoms with Crippen LogP contribution in [0.25, 0.3) is 11.1 Å². The molecule has 2 aromatic carbocycles. The summed E-state index contributed by atoms with van der Waals surface area (Å²) in [7, 11) is 0. The van der Waals surface area contributed by atoms with Gasteiger partial charge in [-0.3, -0.25) is 4.79 Å². The Balaban J connectivity index is 1.26. The summed E-state index contributed by atoms with van der Waals surface area (Å²) in [5.41, 5.74) is 4.65. The Bertz CT molecular complexity index is 959. The SMILES string of the molecule is CC[C@@H](NC(=O)[C@@H]1C[C@@H]1CNC(=O)OCC1c2ccccc2-c2ccccc21)C(=O)O. The molecule has 7 heteroatoms. The van der Waals surface area contributed by atoms with Gasteiger partial charge in [0.15, 0.2) is 0 Å². The highest BCUT2D eigenvalue weighted by Gasteiger charge is 2.43. The Hall–Kier alpha value is -3.35. The van der Waals surface area contributed by atoms with Crippen LogP contribution in [0.5, 0.6) is 0 Å². The highest BCUT2D eigenvalue weighted by Crippen LogP contribution is 2.44. The molecule has 0 unspecified atom stereocenters. The van der Waals surface area contributed by atoms with Gasteiger partial charge in [0.25, 0.3) is 0 Å². The fourth-order valence-corrected chi connectivity index (χ4v) is 4.28. The first-order valence-electron chi connectivity index (χ1n) is 10.6. The number of benzene rings is 2. The normalized spacial score (nSPS) is 19.6. The lowest BCUT2D eigenvalue weighted by Gasteiger charge is -2.15. The Morgan fingerprint density at radius 3 is 2.26 bits per heavy atom. The van der Waals surface area contributed by atoms with Crippen molar-refractivity contribution in [3.8, 4) is 11.1 Å². The number of nitrogens with one attached hydrogen (secondary N) is 2. The number of amides is 2. The predicted octanol–water partition coefficient (Wildman–Crippen LogP) is 3.14. The number of fused-ring (bicyclic) bond motifs is 3. The number of hydrogen-bond donors (Lipinski definition) is 3. The first-order chi connectivity index (χ1) is 15.0. The first-order valence-corrected chi connectivity index (χ1v) is 10.6. The maximum atomic E-state index is 12.2. The van der Waals surface area contributed by atoms with Gasteiger partial charge in [-0.05, 0) is 41.0 Å². The zero-order chi connectivity index (χ0) is 22.0. The molecule has 2 aliphatic carbocycles. The van der Waals surface area contributed by atoms with E-state index < -0.39 is 18.1 Å². The smallest absolute Gasteiger partial charge is 0.407 e. The fourth-order valence-electron chi connectivity index (χ4n) is 4.28. The van der Waals surface area contributed by atoms with Crippen molar-refractivity contribution < 1.29 is 24.2 Å². The number of carboxylic acids is 1. The van der Waals surface area contributed by atoms with Gasteiger partial charge in [-0.25, -0.2) is 9.59 Å². The van der Waals surface area contributed by atoms with Crippen molar-refractivity contribution in [2.45, 2.75) is 31.7 Å². The number of alkyl carbamates (subject to hydrolysis) is 1. The monoisotopic (exact) mass is 422 g/mol. The molecule has 3 N–H and O–H groups in total. The highest BCUT2D eigenvalue weighted by atomic mass is 16.5. The minimum atomic E-state index is -1.04. The Kier molecular flexibility index (Phi) is 5.93. The quantitative estimate of drug-likeness (QED) is 0.606. The molecule has 1 saturated carbocycles. The van der Waals surface area contributed by atoms with Crippen molar-refractivity contribution >= 4 is 18.0 Å². The number of aliphatic carboxylic acids is 1. The van der Waals surface area contributed by atoms with Gasteiger partial charge in [-0.15, -0.1) is 0 Å². The van der Waals surface area contributed by atoms with Crippen molar-refractivity contribution in [2.75, 3.05) is 13.2 Å². The highest BCUT2D eigenvalue weighted by molar-refractivity contribution is 5.86. The van der Waals surface area contributed by atoms with E-state index in [2.05, 4.69) is 34.9 Å². The minimum Gasteiger partial charge on any atom is -0.480 e. The average molecular weight is 422 g/mol. The van der Waals surface area contributed by atoms with Gasteiger partial charge >= 0.3 is 12.1 Å². The van der Waals surface area contributed by atoms with Crippen LogP contribution in [0.2, 0.25) is 0 Å². The number of carbonyl (C=O) groups excluding carboxylic acids is 2. The lowest BCUT2D eigenvalue weighted by atomic mass is 9.98. The zero-order valence-corrected chi connectivity index (χ0v) is 17.3. The molecule has 0 aliphatic heterocycles. The molecule has 2 aliphatic rings. The second kappa shape index (κ2) is 8.79. The van der Waals surface area contributed by atoms with Crippen molar-refractivity contribution in [3.63, 3.8) is 0 Å². The molecule has 0 saturated heterocycles. The fraction of sp³-hybridized carbons (Fsp3) is 0.375. The van der Waals surface area contributed by atoms with Crippen molar-refractivity contribution in [3.05, 3.63) is 59.7 Å². The topological polar surface area (TPSA) is 105 Å². The Labute approximate surface area is 180 Å². The maximum absolute atomic E-state index is 12.2. The first kappa shape index (κ1) is 20.9. The van der Waals surface area contributed by atoms with E-state index in [-0.39, 0.29) is 30.3 Å². The second-order valence-electron chi connectivity index (χ2n) is 8.12. The molecule has 4 rings (SSSR count). The van der Waals surface area contributed by atoms with E-state index in [1.54, 1.807) is 6.92 Å². The molecule has 0 heterocycles. The van der Waals surface area contributed by atoms with Crippen LogP contribution in [0.1, 0.15) is 36.8 Å². The summed E-state index contributed by atoms with van der Waals surface area (Å²) in [6.45, 7) is 2.28. The number of carboxylic acid groups (broad SMARTS) is 1. The molecule has 0 spiro atoms. The van der Waals surface area contributed by atoms with Gasteiger partial charge in [0.1, 0.15) is 12.6 Å². The molecule has 2 aromatic rings. The van der Waals surface area contributed by atoms with Gasteiger partial charge in [0, 0.05) is 18.4 Å². The van der Waals surface area contributed by atoms with Gasteiger partial charge in [-0.1, -0.05) is 55.5 Å². The Morgan fingerprint density at radius 2 is 1.68 bits per heavy atom. The minimum absolute atomic E-state index is 0.000373. The molecule has 162 valence electrons. The zero-order valence-electron chi connectivity index (χ0n) is 17.3. The summed E-state index contributed by atoms with van der Waals surface area (Å²) >= 11 is 0. The lowest BCUT2D eigenvalue weighted by Crippen LogP contribution is -2.41. The molecule has 0 radical (unpaired) electrons. The number of carbonyl (C=O) groups is 3. The average Bonchev–Trinajstić information content (AvgIpc) is 3.49. The number of hydrogen-bond acceptors (Lipinski definition) is 4.